The van der Waals surface area contributed by atoms with Crippen LogP contribution in [-0.2, 0) is 6.42 Å². The lowest BCUT2D eigenvalue weighted by Gasteiger charge is -2.33. The summed E-state index contributed by atoms with van der Waals surface area (Å²) in [6.45, 7) is 7.86. The summed E-state index contributed by atoms with van der Waals surface area (Å²) >= 11 is 0. The van der Waals surface area contributed by atoms with Gasteiger partial charge in [0.2, 0.25) is 6.71 Å². The Morgan fingerprint density at radius 1 is 0.793 bits per heavy atom. The summed E-state index contributed by atoms with van der Waals surface area (Å²) in [4.78, 5) is 3.84. The molecule has 5 aromatic rings. The highest BCUT2D eigenvalue weighted by Crippen LogP contribution is 2.36. The Bertz CT molecular complexity index is 1550. The molecular formula is C26H15BN2. The Hall–Kier alpha value is -3.77. The molecule has 3 heterocycles. The van der Waals surface area contributed by atoms with Crippen LogP contribution in [0.1, 0.15) is 11.1 Å². The Morgan fingerprint density at radius 3 is 2.55 bits per heavy atom. The van der Waals surface area contributed by atoms with Crippen LogP contribution < -0.4 is 16.4 Å². The first-order valence-electron chi connectivity index (χ1n) is 10.0. The molecule has 0 amide bonds. The fourth-order valence-electron chi connectivity index (χ4n) is 5.62. The van der Waals surface area contributed by atoms with E-state index in [4.69, 9.17) is 6.57 Å². The first-order chi connectivity index (χ1) is 14.4. The monoisotopic (exact) mass is 366 g/mol. The largest absolute Gasteiger partial charge is 0.310 e. The predicted molar refractivity (Wildman–Crippen MR) is 121 cm³/mol. The van der Waals surface area contributed by atoms with Gasteiger partial charge in [0.1, 0.15) is 0 Å². The number of rotatable bonds is 0. The van der Waals surface area contributed by atoms with Crippen LogP contribution in [0.2, 0.25) is 0 Å². The molecule has 0 bridgehead atoms. The molecule has 0 saturated carbocycles. The van der Waals surface area contributed by atoms with Crippen molar-refractivity contribution in [2.75, 3.05) is 0 Å². The number of para-hydroxylation sites is 2. The molecule has 0 spiro atoms. The minimum Gasteiger partial charge on any atom is -0.310 e. The molecule has 1 aromatic heterocycles. The summed E-state index contributed by atoms with van der Waals surface area (Å²) in [5, 5.41) is 2.63. The number of hydrogen-bond donors (Lipinski definition) is 0. The van der Waals surface area contributed by atoms with Gasteiger partial charge in [-0.15, -0.1) is 0 Å². The lowest BCUT2D eigenvalue weighted by Crippen LogP contribution is -2.60. The van der Waals surface area contributed by atoms with Crippen molar-refractivity contribution >= 4 is 50.6 Å². The van der Waals surface area contributed by atoms with Crippen LogP contribution in [0.4, 0.5) is 5.69 Å². The van der Waals surface area contributed by atoms with Gasteiger partial charge in [-0.3, -0.25) is 0 Å². The molecule has 7 rings (SSSR count). The molecular weight excluding hydrogens is 351 g/mol. The third kappa shape index (κ3) is 1.73. The third-order valence-corrected chi connectivity index (χ3v) is 6.73. The molecule has 2 aliphatic heterocycles. The van der Waals surface area contributed by atoms with Crippen molar-refractivity contribution in [3.63, 3.8) is 0 Å². The van der Waals surface area contributed by atoms with E-state index >= 15 is 0 Å². The van der Waals surface area contributed by atoms with Crippen LogP contribution >= 0.6 is 0 Å². The normalized spacial score (nSPS) is 13.3. The number of aromatic nitrogens is 1. The highest BCUT2D eigenvalue weighted by molar-refractivity contribution is 6.99. The molecule has 132 valence electrons. The van der Waals surface area contributed by atoms with Crippen LogP contribution in [0.3, 0.4) is 0 Å². The minimum atomic E-state index is 0.187. The van der Waals surface area contributed by atoms with Crippen LogP contribution in [0.15, 0.2) is 78.9 Å². The molecule has 0 atom stereocenters. The van der Waals surface area contributed by atoms with Crippen molar-refractivity contribution in [1.29, 1.82) is 0 Å². The predicted octanol–water partition coefficient (Wildman–Crippen LogP) is 4.07. The SMILES string of the molecule is [C-]#[N+]c1cccc2c1Cc1ccc3c4ccccc4n4c3c1B2c1ccccc1-4. The number of nitrogens with zero attached hydrogens (tertiary/aromatic N) is 2. The van der Waals surface area contributed by atoms with Gasteiger partial charge in [0, 0.05) is 22.0 Å². The standard InChI is InChI=1S/C26H15BN2/c1-28-22-10-6-9-20-19(22)15-16-13-14-18-17-7-2-4-11-23(17)29-24-12-5-3-8-21(24)27(20)25(16)26(18)29/h2-14H,15H2. The van der Waals surface area contributed by atoms with E-state index in [9.17, 15) is 0 Å². The first kappa shape index (κ1) is 15.2. The van der Waals surface area contributed by atoms with E-state index in [1.807, 2.05) is 12.1 Å². The average Bonchev–Trinajstić information content (AvgIpc) is 3.12. The zero-order chi connectivity index (χ0) is 19.1. The molecule has 0 fully saturated rings. The summed E-state index contributed by atoms with van der Waals surface area (Å²) in [5.41, 5.74) is 11.2. The molecule has 0 unspecified atom stereocenters. The van der Waals surface area contributed by atoms with Gasteiger partial charge in [-0.05, 0) is 40.6 Å². The molecule has 2 nitrogen and oxygen atoms in total. The minimum absolute atomic E-state index is 0.187. The van der Waals surface area contributed by atoms with Crippen LogP contribution in [0.25, 0.3) is 32.3 Å². The Labute approximate surface area is 168 Å². The quantitative estimate of drug-likeness (QED) is 0.283. The van der Waals surface area contributed by atoms with E-state index < -0.39 is 0 Å². The Morgan fingerprint density at radius 2 is 1.62 bits per heavy atom. The molecule has 2 aliphatic rings. The second-order valence-electron chi connectivity index (χ2n) is 8.01. The lowest BCUT2D eigenvalue weighted by molar-refractivity contribution is 1.16. The molecule has 3 heteroatoms. The fraction of sp³-hybridized carbons (Fsp3) is 0.0385. The van der Waals surface area contributed by atoms with Gasteiger partial charge in [0.15, 0.2) is 5.69 Å². The maximum Gasteiger partial charge on any atom is 0.246 e. The van der Waals surface area contributed by atoms with Crippen LogP contribution in [-0.4, -0.2) is 11.3 Å². The van der Waals surface area contributed by atoms with Crippen molar-refractivity contribution in [3.8, 4) is 5.69 Å². The zero-order valence-corrected chi connectivity index (χ0v) is 15.7. The summed E-state index contributed by atoms with van der Waals surface area (Å²) < 4.78 is 2.46. The van der Waals surface area contributed by atoms with Crippen LogP contribution in [0, 0.1) is 6.57 Å². The van der Waals surface area contributed by atoms with E-state index in [1.54, 1.807) is 0 Å². The van der Waals surface area contributed by atoms with Crippen molar-refractivity contribution in [2.45, 2.75) is 6.42 Å². The van der Waals surface area contributed by atoms with Crippen LogP contribution in [0.5, 0.6) is 0 Å². The van der Waals surface area contributed by atoms with E-state index in [1.165, 1.54) is 55.0 Å². The third-order valence-electron chi connectivity index (χ3n) is 6.73. The van der Waals surface area contributed by atoms with Gasteiger partial charge in [-0.1, -0.05) is 72.2 Å². The van der Waals surface area contributed by atoms with Crippen molar-refractivity contribution in [2.24, 2.45) is 0 Å². The molecule has 0 radical (unpaired) electrons. The maximum absolute atomic E-state index is 7.67. The molecule has 4 aromatic carbocycles. The molecule has 0 N–H and O–H groups in total. The summed E-state index contributed by atoms with van der Waals surface area (Å²) in [6, 6.07) is 28.3. The average molecular weight is 366 g/mol. The Balaban J connectivity index is 1.74. The topological polar surface area (TPSA) is 9.29 Å². The number of benzene rings is 4. The van der Waals surface area contributed by atoms with Gasteiger partial charge >= 0.3 is 0 Å². The van der Waals surface area contributed by atoms with E-state index in [0.717, 1.165) is 12.1 Å². The van der Waals surface area contributed by atoms with Crippen molar-refractivity contribution in [3.05, 3.63) is 101 Å². The van der Waals surface area contributed by atoms with Crippen molar-refractivity contribution < 1.29 is 0 Å². The molecule has 0 saturated heterocycles. The van der Waals surface area contributed by atoms with Gasteiger partial charge in [0.25, 0.3) is 0 Å². The van der Waals surface area contributed by atoms with Crippen molar-refractivity contribution in [1.82, 2.24) is 4.57 Å². The van der Waals surface area contributed by atoms with Gasteiger partial charge in [-0.2, -0.15) is 0 Å². The summed E-state index contributed by atoms with van der Waals surface area (Å²) in [6.07, 6.45) is 0.833. The van der Waals surface area contributed by atoms with Gasteiger partial charge in [-0.25, -0.2) is 4.85 Å². The van der Waals surface area contributed by atoms with Gasteiger partial charge in [0.05, 0.1) is 12.1 Å². The van der Waals surface area contributed by atoms with E-state index in [0.29, 0.717) is 0 Å². The Kier molecular flexibility index (Phi) is 2.72. The van der Waals surface area contributed by atoms with E-state index in [2.05, 4.69) is 76.1 Å². The maximum atomic E-state index is 7.67. The number of hydrogen-bond acceptors (Lipinski definition) is 0. The fourth-order valence-corrected chi connectivity index (χ4v) is 5.62. The summed E-state index contributed by atoms with van der Waals surface area (Å²) in [7, 11) is 0. The van der Waals surface area contributed by atoms with Gasteiger partial charge < -0.3 is 4.57 Å². The number of fused-ring (bicyclic) bond motifs is 8. The molecule has 0 aliphatic carbocycles. The highest BCUT2D eigenvalue weighted by atomic mass is 15.0. The molecule has 29 heavy (non-hydrogen) atoms. The zero-order valence-electron chi connectivity index (χ0n) is 15.7. The second-order valence-corrected chi connectivity index (χ2v) is 8.01. The van der Waals surface area contributed by atoms with E-state index in [-0.39, 0.29) is 6.71 Å². The summed E-state index contributed by atoms with van der Waals surface area (Å²) in [5.74, 6) is 0. The first-order valence-corrected chi connectivity index (χ1v) is 10.0. The smallest absolute Gasteiger partial charge is 0.246 e. The second kappa shape index (κ2) is 5.18. The highest BCUT2D eigenvalue weighted by Gasteiger charge is 2.39. The lowest BCUT2D eigenvalue weighted by atomic mass is 9.32.